The summed E-state index contributed by atoms with van der Waals surface area (Å²) in [5, 5.41) is 42.6. The Bertz CT molecular complexity index is 2410. The fourth-order valence-corrected chi connectivity index (χ4v) is 22.6. The van der Waals surface area contributed by atoms with E-state index in [-0.39, 0.29) is 28.5 Å². The van der Waals surface area contributed by atoms with Gasteiger partial charge in [0.05, 0.1) is 23.9 Å². The summed E-state index contributed by atoms with van der Waals surface area (Å²) in [7, 11) is 0. The molecule has 12 aliphatic carbocycles. The summed E-state index contributed by atoms with van der Waals surface area (Å²) in [6, 6.07) is 0. The first kappa shape index (κ1) is 57.2. The Labute approximate surface area is 448 Å². The zero-order valence-corrected chi connectivity index (χ0v) is 49.8. The van der Waals surface area contributed by atoms with E-state index < -0.39 is 32.7 Å². The van der Waals surface area contributed by atoms with Crippen LogP contribution < -0.4 is 0 Å². The molecule has 0 heterocycles. The van der Waals surface area contributed by atoms with Crippen LogP contribution in [-0.4, -0.2) is 55.9 Å². The average Bonchev–Trinajstić information content (AvgIpc) is 4.00. The van der Waals surface area contributed by atoms with Gasteiger partial charge in [-0.1, -0.05) is 93.2 Å². The molecule has 10 fully saturated rings. The van der Waals surface area contributed by atoms with Gasteiger partial charge >= 0.3 is 29.0 Å². The number of aliphatic hydroxyl groups excluding tert-OH is 3. The van der Waals surface area contributed by atoms with Gasteiger partial charge in [0.2, 0.25) is 0 Å². The predicted molar refractivity (Wildman–Crippen MR) is 279 cm³/mol. The second-order valence-corrected chi connectivity index (χ2v) is 31.5. The van der Waals surface area contributed by atoms with Gasteiger partial charge in [0, 0.05) is 30.3 Å². The zero-order valence-electron chi connectivity index (χ0n) is 47.3. The number of hydrogen-bond donors (Lipinski definition) is 4. The van der Waals surface area contributed by atoms with Crippen LogP contribution in [0.4, 0.5) is 0 Å². The first-order valence-corrected chi connectivity index (χ1v) is 34.6. The van der Waals surface area contributed by atoms with E-state index >= 15 is 0 Å². The Balaban J connectivity index is 0.000000130. The van der Waals surface area contributed by atoms with Gasteiger partial charge in [-0.25, -0.2) is 0 Å². The molecule has 0 aromatic heterocycles. The SMILES string of the molecule is CC[C@H]1CCC2C3CC(=O)C4=CC(=O)CC[C@]4(C)C3CC[C@@]21C.CC[C@H]1CCC2C3CC=C4C[C@@H](O)CC[C@]4(C)C3CC[C@@]21C.CC[C@H]1CCC2C3C[C@H](O)[C@@]4(O)C[C@@H](O)CC[C@]4(C)C3CC[C@@]21C.[O]=[Os](=[O])(=[O])=[O]. The molecule has 12 aliphatic rings. The van der Waals surface area contributed by atoms with Crippen LogP contribution in [0, 0.1) is 104 Å². The van der Waals surface area contributed by atoms with Crippen molar-refractivity contribution in [1.82, 2.24) is 0 Å². The Morgan fingerprint density at radius 3 is 1.57 bits per heavy atom. The van der Waals surface area contributed by atoms with Crippen molar-refractivity contribution in [3.63, 3.8) is 0 Å². The Morgan fingerprint density at radius 2 is 1.03 bits per heavy atom. The van der Waals surface area contributed by atoms with Crippen LogP contribution in [0.25, 0.3) is 0 Å². The van der Waals surface area contributed by atoms with E-state index in [9.17, 15) is 30.0 Å². The van der Waals surface area contributed by atoms with Crippen LogP contribution in [0.5, 0.6) is 0 Å². The molecule has 10 saturated carbocycles. The van der Waals surface area contributed by atoms with Crippen LogP contribution in [0.2, 0.25) is 0 Å². The summed E-state index contributed by atoms with van der Waals surface area (Å²) in [6.07, 6.45) is 32.7. The molecule has 0 saturated heterocycles. The molecular formula is C63H100O10Os. The summed E-state index contributed by atoms with van der Waals surface area (Å²) in [4.78, 5) is 24.7. The van der Waals surface area contributed by atoms with E-state index in [1.54, 1.807) is 11.6 Å². The molecule has 9 unspecified atom stereocenters. The van der Waals surface area contributed by atoms with Gasteiger partial charge in [0.1, 0.15) is 0 Å². The predicted octanol–water partition coefficient (Wildman–Crippen LogP) is 13.1. The summed E-state index contributed by atoms with van der Waals surface area (Å²) in [5.41, 5.74) is 3.07. The van der Waals surface area contributed by atoms with Crippen LogP contribution in [0.1, 0.15) is 229 Å². The Hall–Kier alpha value is -1.50. The second-order valence-electron chi connectivity index (χ2n) is 29.0. The average molecular weight is 1210 g/mol. The van der Waals surface area contributed by atoms with Crippen molar-refractivity contribution in [2.45, 2.75) is 253 Å². The molecule has 0 aromatic carbocycles. The fraction of sp³-hybridized carbons (Fsp3) is 0.905. The third kappa shape index (κ3) is 9.38. The molecule has 0 bridgehead atoms. The third-order valence-electron chi connectivity index (χ3n) is 26.8. The number of fused-ring (bicyclic) bond motifs is 15. The monoisotopic (exact) mass is 1210 g/mol. The molecule has 22 atom stereocenters. The first-order chi connectivity index (χ1) is 34.6. The van der Waals surface area contributed by atoms with E-state index in [0.29, 0.717) is 70.5 Å². The quantitative estimate of drug-likeness (QED) is 0.198. The molecule has 12 rings (SSSR count). The number of Topliss-reactive ketones (excluding diaryl/α,β-unsaturated/α-hetero) is 1. The van der Waals surface area contributed by atoms with Crippen LogP contribution in [0.3, 0.4) is 0 Å². The zero-order chi connectivity index (χ0) is 53.8. The minimum atomic E-state index is -6.06. The van der Waals surface area contributed by atoms with Crippen LogP contribution in [0.15, 0.2) is 23.3 Å². The molecule has 420 valence electrons. The summed E-state index contributed by atoms with van der Waals surface area (Å²) < 4.78 is 34.5. The molecule has 0 amide bonds. The molecule has 0 radical (unpaired) electrons. The molecule has 74 heavy (non-hydrogen) atoms. The van der Waals surface area contributed by atoms with Crippen molar-refractivity contribution in [2.24, 2.45) is 104 Å². The van der Waals surface area contributed by atoms with Gasteiger partial charge < -0.3 is 20.4 Å². The number of hydrogen-bond acceptors (Lipinski definition) is 10. The van der Waals surface area contributed by atoms with Crippen molar-refractivity contribution in [1.29, 1.82) is 0 Å². The van der Waals surface area contributed by atoms with E-state index in [4.69, 9.17) is 14.2 Å². The summed E-state index contributed by atoms with van der Waals surface area (Å²) in [5.74, 6) is 9.58. The maximum atomic E-state index is 12.9. The van der Waals surface area contributed by atoms with Crippen LogP contribution in [-0.2, 0) is 38.6 Å². The van der Waals surface area contributed by atoms with Gasteiger partial charge in [-0.05, 0) is 233 Å². The van der Waals surface area contributed by atoms with Crippen molar-refractivity contribution >= 4 is 11.6 Å². The Kier molecular flexibility index (Phi) is 15.9. The second kappa shape index (κ2) is 20.5. The van der Waals surface area contributed by atoms with Gasteiger partial charge in [0.15, 0.2) is 11.6 Å². The van der Waals surface area contributed by atoms with Crippen molar-refractivity contribution in [3.05, 3.63) is 23.3 Å². The molecule has 10 nitrogen and oxygen atoms in total. The Morgan fingerprint density at radius 1 is 0.541 bits per heavy atom. The number of ketones is 2. The third-order valence-corrected chi connectivity index (χ3v) is 26.8. The molecule has 0 aromatic rings. The normalized spacial score (nSPS) is 51.7. The van der Waals surface area contributed by atoms with Gasteiger partial charge in [-0.3, -0.25) is 9.59 Å². The van der Waals surface area contributed by atoms with Gasteiger partial charge in [-0.15, -0.1) is 0 Å². The maximum absolute atomic E-state index is 12.9. The van der Waals surface area contributed by atoms with E-state index in [1.807, 2.05) is 0 Å². The minimum absolute atomic E-state index is 0.0282. The molecule has 4 N–H and O–H groups in total. The molecule has 11 heteroatoms. The molecule has 0 spiro atoms. The fourth-order valence-electron chi connectivity index (χ4n) is 22.6. The number of rotatable bonds is 3. The van der Waals surface area contributed by atoms with Gasteiger partial charge in [0.25, 0.3) is 0 Å². The topological polar surface area (TPSA) is 183 Å². The standard InChI is InChI=1S/C21H36O3.C21H30O2.C21H34O.4O.Os/c1-4-13-5-6-16-15-11-18(23)21(24)12-14(22)7-10-20(21,3)17(15)8-9-19(13,16)2;1-4-13-5-6-16-15-12-19(23)18-11-14(22)7-9-21(18,3)17(15)8-10-20(13,16)2;1-4-14-6-8-18-17-7-5-15-13-16(22)9-11-21(15,3)19(17)10-12-20(14,18)2;;;;;/h13-18,22-24H,4-12H2,1-3H3;11,13,15-17H,4-10,12H2,1-3H3;5,14,16-19,22H,4,6-13H2,1-3H3;;;;;/t13-,14-,15?,16?,17?,18-,19+,20+,21-;13-,15?,16?,17?,20+,21+;14-,16-,17?,18?,19?,20+,21-;;;;;/m000...../s1. The molecular weight excluding hydrogens is 1110 g/mol. The summed E-state index contributed by atoms with van der Waals surface area (Å²) >= 11 is -6.06. The van der Waals surface area contributed by atoms with Crippen molar-refractivity contribution in [2.75, 3.05) is 0 Å². The van der Waals surface area contributed by atoms with Crippen molar-refractivity contribution < 1.29 is 59.0 Å². The van der Waals surface area contributed by atoms with E-state index in [1.165, 1.54) is 109 Å². The van der Waals surface area contributed by atoms with E-state index in [2.05, 4.69) is 68.4 Å². The molecule has 0 aliphatic heterocycles. The van der Waals surface area contributed by atoms with E-state index in [0.717, 1.165) is 85.5 Å². The van der Waals surface area contributed by atoms with Crippen molar-refractivity contribution in [3.8, 4) is 0 Å². The first-order valence-electron chi connectivity index (χ1n) is 30.5. The van der Waals surface area contributed by atoms with Crippen LogP contribution >= 0.6 is 0 Å². The number of aliphatic hydroxyl groups is 4. The number of allylic oxidation sites excluding steroid dienone is 2. The number of carbonyl (C=O) groups is 2. The number of carbonyl (C=O) groups excluding carboxylic acids is 2. The summed E-state index contributed by atoms with van der Waals surface area (Å²) in [6.45, 7) is 21.8. The van der Waals surface area contributed by atoms with Gasteiger partial charge in [-0.2, -0.15) is 0 Å².